The molecule has 0 radical (unpaired) electrons. The van der Waals surface area contributed by atoms with Gasteiger partial charge in [0.1, 0.15) is 0 Å². The summed E-state index contributed by atoms with van der Waals surface area (Å²) in [5.41, 5.74) is -0.155. The summed E-state index contributed by atoms with van der Waals surface area (Å²) in [5.74, 6) is 0. The Balaban J connectivity index is 2.07. The van der Waals surface area contributed by atoms with E-state index in [1.54, 1.807) is 6.20 Å². The third-order valence-corrected chi connectivity index (χ3v) is 3.62. The number of aromatic nitrogens is 2. The van der Waals surface area contributed by atoms with Gasteiger partial charge in [0.15, 0.2) is 0 Å². The van der Waals surface area contributed by atoms with Gasteiger partial charge in [0.25, 0.3) is 0 Å². The molecule has 0 aliphatic heterocycles. The highest BCUT2D eigenvalue weighted by Gasteiger charge is 2.39. The lowest BCUT2D eigenvalue weighted by Crippen LogP contribution is -2.49. The van der Waals surface area contributed by atoms with Crippen molar-refractivity contribution < 1.29 is 5.11 Å². The molecule has 0 bridgehead atoms. The summed E-state index contributed by atoms with van der Waals surface area (Å²) >= 11 is 5.88. The average molecular weight is 258 g/mol. The minimum atomic E-state index is -0.155. The average Bonchev–Trinajstić information content (AvgIpc) is 2.85. The number of aliphatic hydroxyl groups excluding tert-OH is 1. The van der Waals surface area contributed by atoms with Crippen LogP contribution in [0.2, 0.25) is 5.02 Å². The van der Waals surface area contributed by atoms with E-state index in [1.165, 1.54) is 0 Å². The van der Waals surface area contributed by atoms with Gasteiger partial charge >= 0.3 is 0 Å². The molecular weight excluding hydrogens is 238 g/mol. The second kappa shape index (κ2) is 4.96. The number of nitrogens with zero attached hydrogens (tertiary/aromatic N) is 2. The number of halogens is 1. The maximum atomic E-state index is 9.62. The van der Waals surface area contributed by atoms with Gasteiger partial charge in [0, 0.05) is 17.8 Å². The van der Waals surface area contributed by atoms with Crippen molar-refractivity contribution in [2.75, 3.05) is 6.61 Å². The van der Waals surface area contributed by atoms with Crippen molar-refractivity contribution in [3.63, 3.8) is 0 Å². The predicted molar refractivity (Wildman–Crippen MR) is 68.2 cm³/mol. The molecule has 96 valence electrons. The van der Waals surface area contributed by atoms with Crippen LogP contribution >= 0.6 is 11.6 Å². The van der Waals surface area contributed by atoms with Gasteiger partial charge in [0.05, 0.1) is 23.9 Å². The Hall–Kier alpha value is -0.580. The summed E-state index contributed by atoms with van der Waals surface area (Å²) in [4.78, 5) is 0. The van der Waals surface area contributed by atoms with E-state index in [9.17, 15) is 5.11 Å². The molecule has 1 saturated carbocycles. The lowest BCUT2D eigenvalue weighted by molar-refractivity contribution is 0.151. The second-order valence-corrected chi connectivity index (χ2v) is 5.71. The van der Waals surface area contributed by atoms with Crippen molar-refractivity contribution in [2.45, 2.75) is 50.7 Å². The number of aliphatic hydroxyl groups is 1. The van der Waals surface area contributed by atoms with Gasteiger partial charge in [-0.15, -0.1) is 0 Å². The van der Waals surface area contributed by atoms with E-state index >= 15 is 0 Å². The van der Waals surface area contributed by atoms with Crippen LogP contribution in [-0.4, -0.2) is 33.1 Å². The first-order valence-electron chi connectivity index (χ1n) is 6.13. The number of hydrogen-bond donors (Lipinski definition) is 2. The third kappa shape index (κ3) is 2.81. The van der Waals surface area contributed by atoms with Crippen LogP contribution < -0.4 is 5.32 Å². The topological polar surface area (TPSA) is 50.1 Å². The van der Waals surface area contributed by atoms with Gasteiger partial charge < -0.3 is 10.4 Å². The standard InChI is InChI=1S/C12H20ClN3O/c1-9(2)15-12(8-17)4-3-11(5-12)16-7-10(13)6-14-16/h6-7,9,11,15,17H,3-5,8H2,1-2H3. The van der Waals surface area contributed by atoms with Crippen LogP contribution in [0.25, 0.3) is 0 Å². The van der Waals surface area contributed by atoms with Crippen LogP contribution in [-0.2, 0) is 0 Å². The Morgan fingerprint density at radius 3 is 3.00 bits per heavy atom. The van der Waals surface area contributed by atoms with Gasteiger partial charge in [0.2, 0.25) is 0 Å². The van der Waals surface area contributed by atoms with Crippen LogP contribution in [0.3, 0.4) is 0 Å². The van der Waals surface area contributed by atoms with Crippen LogP contribution in [0, 0.1) is 0 Å². The second-order valence-electron chi connectivity index (χ2n) is 5.27. The molecule has 0 spiro atoms. The molecule has 1 aliphatic rings. The quantitative estimate of drug-likeness (QED) is 0.867. The lowest BCUT2D eigenvalue weighted by Gasteiger charge is -2.31. The molecule has 5 heteroatoms. The molecule has 0 aromatic carbocycles. The first-order valence-corrected chi connectivity index (χ1v) is 6.51. The van der Waals surface area contributed by atoms with Gasteiger partial charge in [-0.05, 0) is 19.3 Å². The Labute approximate surface area is 107 Å². The number of nitrogens with one attached hydrogen (secondary N) is 1. The van der Waals surface area contributed by atoms with Crippen molar-refractivity contribution in [1.29, 1.82) is 0 Å². The van der Waals surface area contributed by atoms with Crippen LogP contribution in [0.1, 0.15) is 39.2 Å². The monoisotopic (exact) mass is 257 g/mol. The minimum Gasteiger partial charge on any atom is -0.394 e. The van der Waals surface area contributed by atoms with E-state index in [-0.39, 0.29) is 12.1 Å². The van der Waals surface area contributed by atoms with Crippen LogP contribution in [0.15, 0.2) is 12.4 Å². The molecule has 2 atom stereocenters. The van der Waals surface area contributed by atoms with Crippen LogP contribution in [0.5, 0.6) is 0 Å². The third-order valence-electron chi connectivity index (χ3n) is 3.42. The van der Waals surface area contributed by atoms with E-state index in [0.29, 0.717) is 17.1 Å². The minimum absolute atomic E-state index is 0.155. The fourth-order valence-electron chi connectivity index (χ4n) is 2.77. The summed E-state index contributed by atoms with van der Waals surface area (Å²) < 4.78 is 1.92. The normalized spacial score (nSPS) is 29.1. The summed E-state index contributed by atoms with van der Waals surface area (Å²) in [5, 5.41) is 18.0. The first kappa shape index (κ1) is 12.9. The summed E-state index contributed by atoms with van der Waals surface area (Å²) in [6, 6.07) is 0.711. The highest BCUT2D eigenvalue weighted by molar-refractivity contribution is 6.30. The van der Waals surface area contributed by atoms with Gasteiger partial charge in [-0.2, -0.15) is 5.10 Å². The Morgan fingerprint density at radius 1 is 1.71 bits per heavy atom. The van der Waals surface area contributed by atoms with Crippen molar-refractivity contribution in [3.05, 3.63) is 17.4 Å². The number of rotatable bonds is 4. The number of hydrogen-bond acceptors (Lipinski definition) is 3. The van der Waals surface area contributed by atoms with Crippen molar-refractivity contribution >= 4 is 11.6 Å². The molecular formula is C12H20ClN3O. The van der Waals surface area contributed by atoms with Crippen LogP contribution in [0.4, 0.5) is 0 Å². The van der Waals surface area contributed by atoms with E-state index in [4.69, 9.17) is 11.6 Å². The zero-order valence-electron chi connectivity index (χ0n) is 10.4. The van der Waals surface area contributed by atoms with Gasteiger partial charge in [-0.1, -0.05) is 25.4 Å². The Kier molecular flexibility index (Phi) is 3.76. The Bertz CT molecular complexity index is 380. The summed E-state index contributed by atoms with van der Waals surface area (Å²) in [7, 11) is 0. The van der Waals surface area contributed by atoms with Gasteiger partial charge in [-0.3, -0.25) is 4.68 Å². The van der Waals surface area contributed by atoms with Crippen molar-refractivity contribution in [3.8, 4) is 0 Å². The molecule has 0 amide bonds. The molecule has 1 aliphatic carbocycles. The zero-order valence-corrected chi connectivity index (χ0v) is 11.1. The fourth-order valence-corrected chi connectivity index (χ4v) is 2.91. The lowest BCUT2D eigenvalue weighted by atomic mass is 9.97. The Morgan fingerprint density at radius 2 is 2.47 bits per heavy atom. The summed E-state index contributed by atoms with van der Waals surface area (Å²) in [6.07, 6.45) is 6.42. The molecule has 1 heterocycles. The van der Waals surface area contributed by atoms with Crippen molar-refractivity contribution in [1.82, 2.24) is 15.1 Å². The molecule has 2 rings (SSSR count). The molecule has 4 nitrogen and oxygen atoms in total. The van der Waals surface area contributed by atoms with E-state index in [1.807, 2.05) is 10.9 Å². The summed E-state index contributed by atoms with van der Waals surface area (Å²) in [6.45, 7) is 4.39. The highest BCUT2D eigenvalue weighted by Crippen LogP contribution is 2.37. The SMILES string of the molecule is CC(C)NC1(CO)CCC(n2cc(Cl)cn2)C1. The molecule has 2 N–H and O–H groups in total. The molecule has 1 fully saturated rings. The fraction of sp³-hybridized carbons (Fsp3) is 0.750. The van der Waals surface area contributed by atoms with E-state index in [0.717, 1.165) is 19.3 Å². The van der Waals surface area contributed by atoms with Crippen molar-refractivity contribution in [2.24, 2.45) is 0 Å². The largest absolute Gasteiger partial charge is 0.394 e. The molecule has 2 unspecified atom stereocenters. The first-order chi connectivity index (χ1) is 8.04. The molecule has 1 aromatic rings. The highest BCUT2D eigenvalue weighted by atomic mass is 35.5. The smallest absolute Gasteiger partial charge is 0.0785 e. The maximum absolute atomic E-state index is 9.62. The van der Waals surface area contributed by atoms with Gasteiger partial charge in [-0.25, -0.2) is 0 Å². The molecule has 17 heavy (non-hydrogen) atoms. The zero-order chi connectivity index (χ0) is 12.5. The van der Waals surface area contributed by atoms with E-state index < -0.39 is 0 Å². The molecule has 0 saturated heterocycles. The van der Waals surface area contributed by atoms with E-state index in [2.05, 4.69) is 24.3 Å². The maximum Gasteiger partial charge on any atom is 0.0785 e. The molecule has 1 aromatic heterocycles. The predicted octanol–water partition coefficient (Wildman–Crippen LogP) is 1.99.